The largest absolute Gasteiger partial charge is 0.464 e. The summed E-state index contributed by atoms with van der Waals surface area (Å²) >= 11 is 0. The molecular weight excluding hydrogens is 474 g/mol. The van der Waals surface area contributed by atoms with Gasteiger partial charge in [0, 0.05) is 25.9 Å². The van der Waals surface area contributed by atoms with Gasteiger partial charge in [-0.3, -0.25) is 14.5 Å². The molecule has 0 amide bonds. The molecule has 5 heteroatoms. The molecule has 5 nitrogen and oxygen atoms in total. The summed E-state index contributed by atoms with van der Waals surface area (Å²) in [7, 11) is 0. The fourth-order valence-corrected chi connectivity index (χ4v) is 5.36. The molecule has 0 aromatic heterocycles. The molecule has 1 rings (SSSR count). The number of esters is 2. The molecule has 0 aliphatic carbocycles. The highest BCUT2D eigenvalue weighted by Gasteiger charge is 2.10. The molecule has 0 radical (unpaired) electrons. The molecule has 0 aromatic rings. The lowest BCUT2D eigenvalue weighted by atomic mass is 10.0. The van der Waals surface area contributed by atoms with Crippen LogP contribution in [0.25, 0.3) is 0 Å². The zero-order valence-electron chi connectivity index (χ0n) is 25.3. The fraction of sp³-hybridized carbons (Fsp3) is 0.939. The maximum absolute atomic E-state index is 11.9. The van der Waals surface area contributed by atoms with E-state index in [2.05, 4.69) is 11.8 Å². The van der Waals surface area contributed by atoms with Gasteiger partial charge in [0.15, 0.2) is 0 Å². The van der Waals surface area contributed by atoms with Crippen molar-refractivity contribution >= 4 is 11.9 Å². The maximum atomic E-state index is 11.9. The number of cyclic esters (lactones) is 2. The summed E-state index contributed by atoms with van der Waals surface area (Å²) < 4.78 is 10.9. The minimum atomic E-state index is -0.0726. The van der Waals surface area contributed by atoms with Crippen LogP contribution in [0.5, 0.6) is 0 Å². The Labute approximate surface area is 236 Å². The summed E-state index contributed by atoms with van der Waals surface area (Å²) in [6.45, 7) is 5.59. The van der Waals surface area contributed by atoms with Crippen LogP contribution < -0.4 is 0 Å². The lowest BCUT2D eigenvalue weighted by Gasteiger charge is -2.22. The van der Waals surface area contributed by atoms with Crippen LogP contribution in [0.1, 0.15) is 167 Å². The van der Waals surface area contributed by atoms with Crippen molar-refractivity contribution in [2.75, 3.05) is 32.8 Å². The monoisotopic (exact) mass is 537 g/mol. The molecule has 0 unspecified atom stereocenters. The first kappa shape index (κ1) is 34.9. The van der Waals surface area contributed by atoms with E-state index in [1.165, 1.54) is 109 Å². The molecule has 0 atom stereocenters. The zero-order chi connectivity index (χ0) is 27.4. The Balaban J connectivity index is 2.00. The molecule has 1 saturated heterocycles. The molecule has 0 saturated carbocycles. The first-order valence-corrected chi connectivity index (χ1v) is 16.8. The Bertz CT molecular complexity index is 513. The first-order valence-electron chi connectivity index (χ1n) is 16.8. The van der Waals surface area contributed by atoms with Gasteiger partial charge in [-0.2, -0.15) is 0 Å². The van der Waals surface area contributed by atoms with Gasteiger partial charge >= 0.3 is 11.9 Å². The van der Waals surface area contributed by atoms with E-state index < -0.39 is 0 Å². The summed E-state index contributed by atoms with van der Waals surface area (Å²) in [6.07, 6.45) is 30.8. The average Bonchev–Trinajstić information content (AvgIpc) is 2.91. The van der Waals surface area contributed by atoms with E-state index >= 15 is 0 Å². The Morgan fingerprint density at radius 2 is 0.842 bits per heavy atom. The van der Waals surface area contributed by atoms with E-state index in [1.807, 2.05) is 0 Å². The van der Waals surface area contributed by atoms with E-state index in [0.29, 0.717) is 26.1 Å². The van der Waals surface area contributed by atoms with Crippen molar-refractivity contribution in [3.8, 4) is 0 Å². The smallest absolute Gasteiger partial charge is 0.305 e. The lowest BCUT2D eigenvalue weighted by molar-refractivity contribution is -0.144. The van der Waals surface area contributed by atoms with E-state index in [9.17, 15) is 9.59 Å². The van der Waals surface area contributed by atoms with Crippen molar-refractivity contribution in [2.24, 2.45) is 0 Å². The van der Waals surface area contributed by atoms with Crippen LogP contribution in [0.3, 0.4) is 0 Å². The van der Waals surface area contributed by atoms with Crippen LogP contribution in [-0.2, 0) is 19.1 Å². The Morgan fingerprint density at radius 1 is 0.500 bits per heavy atom. The topological polar surface area (TPSA) is 55.8 Å². The van der Waals surface area contributed by atoms with Crippen molar-refractivity contribution in [2.45, 2.75) is 167 Å². The van der Waals surface area contributed by atoms with Gasteiger partial charge in [0.05, 0.1) is 0 Å². The van der Waals surface area contributed by atoms with Gasteiger partial charge in [0.25, 0.3) is 0 Å². The summed E-state index contributed by atoms with van der Waals surface area (Å²) in [5.41, 5.74) is 0. The number of hydrogen-bond acceptors (Lipinski definition) is 5. The Hall–Kier alpha value is -1.10. The highest BCUT2D eigenvalue weighted by molar-refractivity contribution is 5.69. The van der Waals surface area contributed by atoms with Crippen molar-refractivity contribution in [1.82, 2.24) is 4.90 Å². The van der Waals surface area contributed by atoms with Gasteiger partial charge in [-0.25, -0.2) is 0 Å². The Kier molecular flexibility index (Phi) is 25.2. The predicted octanol–water partition coefficient (Wildman–Crippen LogP) is 9.16. The van der Waals surface area contributed by atoms with Crippen molar-refractivity contribution in [3.63, 3.8) is 0 Å². The standard InChI is InChI=1S/C33H63NO4/c1-2-3-4-5-6-7-8-9-10-11-12-13-14-15-16-17-21-24-27-34-28-30-37-32(35)25-22-19-18-20-23-26-33(36)38-31-29-34/h2-31H2,1H3. The van der Waals surface area contributed by atoms with Gasteiger partial charge in [-0.1, -0.05) is 135 Å². The molecule has 0 N–H and O–H groups in total. The molecule has 1 aliphatic heterocycles. The van der Waals surface area contributed by atoms with E-state index in [4.69, 9.17) is 9.47 Å². The number of ether oxygens (including phenoxy) is 2. The predicted molar refractivity (Wildman–Crippen MR) is 159 cm³/mol. The van der Waals surface area contributed by atoms with Crippen LogP contribution in [0.2, 0.25) is 0 Å². The van der Waals surface area contributed by atoms with Crippen molar-refractivity contribution in [3.05, 3.63) is 0 Å². The number of nitrogens with zero attached hydrogens (tertiary/aromatic N) is 1. The second kappa shape index (κ2) is 27.5. The highest BCUT2D eigenvalue weighted by atomic mass is 16.5. The lowest BCUT2D eigenvalue weighted by Crippen LogP contribution is -2.33. The number of carbonyl (C=O) groups excluding carboxylic acids is 2. The SMILES string of the molecule is CCCCCCCCCCCCCCCCCCCCN1CCOC(=O)CCCCCCCC(=O)OCC1. The van der Waals surface area contributed by atoms with Crippen LogP contribution in [-0.4, -0.2) is 49.7 Å². The molecule has 38 heavy (non-hydrogen) atoms. The van der Waals surface area contributed by atoms with Gasteiger partial charge < -0.3 is 9.47 Å². The fourth-order valence-electron chi connectivity index (χ4n) is 5.36. The summed E-state index contributed by atoms with van der Waals surface area (Å²) in [6, 6.07) is 0. The molecule has 1 heterocycles. The van der Waals surface area contributed by atoms with Crippen molar-refractivity contribution < 1.29 is 19.1 Å². The Morgan fingerprint density at radius 3 is 1.24 bits per heavy atom. The van der Waals surface area contributed by atoms with E-state index in [0.717, 1.165) is 58.2 Å². The molecular formula is C33H63NO4. The zero-order valence-corrected chi connectivity index (χ0v) is 25.3. The minimum absolute atomic E-state index is 0.0726. The quantitative estimate of drug-likeness (QED) is 0.121. The first-order chi connectivity index (χ1) is 18.7. The summed E-state index contributed by atoms with van der Waals surface area (Å²) in [5, 5.41) is 0. The van der Waals surface area contributed by atoms with E-state index in [1.54, 1.807) is 0 Å². The highest BCUT2D eigenvalue weighted by Crippen LogP contribution is 2.15. The average molecular weight is 538 g/mol. The van der Waals surface area contributed by atoms with Crippen LogP contribution in [0.15, 0.2) is 0 Å². The van der Waals surface area contributed by atoms with Gasteiger partial charge in [0.2, 0.25) is 0 Å². The van der Waals surface area contributed by atoms with Crippen LogP contribution in [0.4, 0.5) is 0 Å². The third-order valence-corrected chi connectivity index (χ3v) is 7.93. The minimum Gasteiger partial charge on any atom is -0.464 e. The second-order valence-electron chi connectivity index (χ2n) is 11.6. The summed E-state index contributed by atoms with van der Waals surface area (Å²) in [4.78, 5) is 26.2. The molecule has 0 bridgehead atoms. The number of rotatable bonds is 19. The van der Waals surface area contributed by atoms with Gasteiger partial charge in [-0.15, -0.1) is 0 Å². The van der Waals surface area contributed by atoms with Crippen LogP contribution in [0, 0.1) is 0 Å². The number of unbranched alkanes of at least 4 members (excludes halogenated alkanes) is 17. The summed E-state index contributed by atoms with van der Waals surface area (Å²) in [5.74, 6) is -0.145. The molecule has 224 valence electrons. The molecule has 0 spiro atoms. The molecule has 1 fully saturated rings. The number of hydrogen-bond donors (Lipinski definition) is 0. The van der Waals surface area contributed by atoms with Gasteiger partial charge in [0.1, 0.15) is 13.2 Å². The molecule has 0 aromatic carbocycles. The molecule has 1 aliphatic rings. The van der Waals surface area contributed by atoms with Gasteiger partial charge in [-0.05, 0) is 25.8 Å². The third kappa shape index (κ3) is 24.0. The third-order valence-electron chi connectivity index (χ3n) is 7.93. The maximum Gasteiger partial charge on any atom is 0.305 e. The van der Waals surface area contributed by atoms with Crippen molar-refractivity contribution in [1.29, 1.82) is 0 Å². The number of carbonyl (C=O) groups is 2. The van der Waals surface area contributed by atoms with Crippen LogP contribution >= 0.6 is 0 Å². The second-order valence-corrected chi connectivity index (χ2v) is 11.6. The normalized spacial score (nSPS) is 17.3. The van der Waals surface area contributed by atoms with E-state index in [-0.39, 0.29) is 11.9 Å².